The molecule has 0 radical (unpaired) electrons. The number of carbonyl (C=O) groups is 1. The number of fused-ring (bicyclic) bond motifs is 1. The number of halogens is 2. The zero-order valence-electron chi connectivity index (χ0n) is 15.2. The molecule has 2 aromatic rings. The fourth-order valence-corrected chi connectivity index (χ4v) is 4.60. The minimum absolute atomic E-state index is 0. The molecule has 0 aromatic carbocycles. The van der Waals surface area contributed by atoms with Crippen LogP contribution >= 0.6 is 36.2 Å². The second-order valence-corrected chi connectivity index (χ2v) is 7.70. The van der Waals surface area contributed by atoms with Crippen molar-refractivity contribution in [3.63, 3.8) is 0 Å². The Morgan fingerprint density at radius 1 is 1.19 bits per heavy atom. The number of rotatable bonds is 4. The first-order chi connectivity index (χ1) is 12.3. The number of aromatic nitrogens is 4. The van der Waals surface area contributed by atoms with Crippen molar-refractivity contribution in [2.75, 3.05) is 13.1 Å². The molecule has 1 fully saturated rings. The van der Waals surface area contributed by atoms with Gasteiger partial charge in [0.15, 0.2) is 5.82 Å². The highest BCUT2D eigenvalue weighted by Gasteiger charge is 2.34. The number of hydrogen-bond acceptors (Lipinski definition) is 6. The SMILES string of the molecule is Cl.Cl.NCCc1nc(C(=O)N2CCCCC2c2nnc3n2CCCC3)cs1. The molecule has 2 aliphatic heterocycles. The highest BCUT2D eigenvalue weighted by Crippen LogP contribution is 2.32. The molecule has 0 saturated carbocycles. The molecule has 4 rings (SSSR count). The summed E-state index contributed by atoms with van der Waals surface area (Å²) in [5.74, 6) is 2.04. The molecule has 2 N–H and O–H groups in total. The van der Waals surface area contributed by atoms with Gasteiger partial charge in [-0.25, -0.2) is 4.98 Å². The highest BCUT2D eigenvalue weighted by molar-refractivity contribution is 7.09. The predicted octanol–water partition coefficient (Wildman–Crippen LogP) is 2.78. The summed E-state index contributed by atoms with van der Waals surface area (Å²) < 4.78 is 2.24. The van der Waals surface area contributed by atoms with Crippen LogP contribution in [0.25, 0.3) is 0 Å². The van der Waals surface area contributed by atoms with Gasteiger partial charge in [-0.1, -0.05) is 0 Å². The van der Waals surface area contributed by atoms with Gasteiger partial charge in [-0.05, 0) is 38.6 Å². The molecule has 2 aliphatic rings. The largest absolute Gasteiger partial charge is 0.330 e. The molecule has 4 heterocycles. The van der Waals surface area contributed by atoms with Gasteiger partial charge in [0, 0.05) is 31.3 Å². The Morgan fingerprint density at radius 2 is 2.00 bits per heavy atom. The lowest BCUT2D eigenvalue weighted by Gasteiger charge is -2.35. The Bertz CT molecular complexity index is 764. The highest BCUT2D eigenvalue weighted by atomic mass is 35.5. The maximum Gasteiger partial charge on any atom is 0.273 e. The molecule has 1 amide bonds. The lowest BCUT2D eigenvalue weighted by atomic mass is 10.0. The Balaban J connectivity index is 0.00000131. The van der Waals surface area contributed by atoms with E-state index >= 15 is 0 Å². The number of thiazole rings is 1. The number of likely N-dealkylation sites (tertiary alicyclic amines) is 1. The third-order valence-corrected chi connectivity index (χ3v) is 5.99. The smallest absolute Gasteiger partial charge is 0.273 e. The van der Waals surface area contributed by atoms with Crippen molar-refractivity contribution in [2.45, 2.75) is 57.5 Å². The van der Waals surface area contributed by atoms with Crippen LogP contribution in [0.3, 0.4) is 0 Å². The molecule has 1 atom stereocenters. The van der Waals surface area contributed by atoms with Crippen molar-refractivity contribution in [1.29, 1.82) is 0 Å². The van der Waals surface area contributed by atoms with E-state index in [1.54, 1.807) is 0 Å². The number of amides is 1. The third-order valence-electron chi connectivity index (χ3n) is 5.08. The first-order valence-corrected chi connectivity index (χ1v) is 10.0. The zero-order chi connectivity index (χ0) is 17.2. The standard InChI is InChI=1S/C17H24N6OS.2ClH/c18-8-7-15-19-12(11-25-15)17(24)22-9-3-1-5-13(22)16-21-20-14-6-2-4-10-23(14)16;;/h11,13H,1-10,18H2;2*1H. The van der Waals surface area contributed by atoms with Crippen LogP contribution in [0, 0.1) is 0 Å². The summed E-state index contributed by atoms with van der Waals surface area (Å²) in [6.45, 7) is 2.28. The molecule has 2 aromatic heterocycles. The van der Waals surface area contributed by atoms with Gasteiger partial charge < -0.3 is 15.2 Å². The van der Waals surface area contributed by atoms with E-state index in [1.165, 1.54) is 17.8 Å². The number of nitrogens with zero attached hydrogens (tertiary/aromatic N) is 5. The second-order valence-electron chi connectivity index (χ2n) is 6.76. The van der Waals surface area contributed by atoms with Crippen molar-refractivity contribution >= 4 is 42.1 Å². The summed E-state index contributed by atoms with van der Waals surface area (Å²) in [5, 5.41) is 11.6. The summed E-state index contributed by atoms with van der Waals surface area (Å²) in [7, 11) is 0. The second kappa shape index (κ2) is 9.82. The molecule has 7 nitrogen and oxygen atoms in total. The summed E-state index contributed by atoms with van der Waals surface area (Å²) in [5.41, 5.74) is 6.13. The number of carbonyl (C=O) groups excluding carboxylic acids is 1. The lowest BCUT2D eigenvalue weighted by molar-refractivity contribution is 0.0588. The first kappa shape index (κ1) is 22.1. The number of hydrogen-bond donors (Lipinski definition) is 1. The van der Waals surface area contributed by atoms with Crippen LogP contribution in [-0.4, -0.2) is 43.6 Å². The molecule has 27 heavy (non-hydrogen) atoms. The molecule has 150 valence electrons. The molecule has 0 bridgehead atoms. The minimum Gasteiger partial charge on any atom is -0.330 e. The number of aryl methyl sites for hydroxylation is 1. The van der Waals surface area contributed by atoms with Gasteiger partial charge in [0.25, 0.3) is 5.91 Å². The van der Waals surface area contributed by atoms with Crippen LogP contribution in [-0.2, 0) is 19.4 Å². The average Bonchev–Trinajstić information content (AvgIpc) is 3.28. The van der Waals surface area contributed by atoms with Gasteiger partial charge in [-0.3, -0.25) is 4.79 Å². The molecule has 1 unspecified atom stereocenters. The summed E-state index contributed by atoms with van der Waals surface area (Å²) in [4.78, 5) is 19.5. The fraction of sp³-hybridized carbons (Fsp3) is 0.647. The summed E-state index contributed by atoms with van der Waals surface area (Å²) in [6, 6.07) is 0.0141. The van der Waals surface area contributed by atoms with Gasteiger partial charge in [-0.2, -0.15) is 0 Å². The normalized spacial score (nSPS) is 19.0. The van der Waals surface area contributed by atoms with E-state index in [4.69, 9.17) is 5.73 Å². The van der Waals surface area contributed by atoms with E-state index in [0.717, 1.165) is 68.3 Å². The number of piperidine rings is 1. The molecule has 0 spiro atoms. The molecule has 10 heteroatoms. The van der Waals surface area contributed by atoms with Gasteiger partial charge in [0.2, 0.25) is 0 Å². The van der Waals surface area contributed by atoms with Crippen molar-refractivity contribution in [2.24, 2.45) is 5.73 Å². The Kier molecular flexibility index (Phi) is 8.03. The van der Waals surface area contributed by atoms with Crippen LogP contribution in [0.1, 0.15) is 65.3 Å². The number of nitrogens with two attached hydrogens (primary N) is 1. The van der Waals surface area contributed by atoms with E-state index in [9.17, 15) is 4.79 Å². The van der Waals surface area contributed by atoms with Crippen LogP contribution in [0.5, 0.6) is 0 Å². The van der Waals surface area contributed by atoms with E-state index in [2.05, 4.69) is 19.7 Å². The predicted molar refractivity (Wildman–Crippen MR) is 110 cm³/mol. The molecule has 0 aliphatic carbocycles. The van der Waals surface area contributed by atoms with E-state index < -0.39 is 0 Å². The van der Waals surface area contributed by atoms with Gasteiger partial charge in [-0.15, -0.1) is 46.3 Å². The maximum atomic E-state index is 13.1. The quantitative estimate of drug-likeness (QED) is 0.801. The van der Waals surface area contributed by atoms with Crippen LogP contribution in [0.15, 0.2) is 5.38 Å². The average molecular weight is 433 g/mol. The molecule has 1 saturated heterocycles. The Hall–Kier alpha value is -1.22. The van der Waals surface area contributed by atoms with Crippen molar-refractivity contribution in [3.8, 4) is 0 Å². The zero-order valence-corrected chi connectivity index (χ0v) is 17.6. The first-order valence-electron chi connectivity index (χ1n) is 9.15. The van der Waals surface area contributed by atoms with Crippen molar-refractivity contribution < 1.29 is 4.79 Å². The molecular weight excluding hydrogens is 407 g/mol. The van der Waals surface area contributed by atoms with Crippen LogP contribution < -0.4 is 5.73 Å². The monoisotopic (exact) mass is 432 g/mol. The van der Waals surface area contributed by atoms with Crippen LogP contribution in [0.4, 0.5) is 0 Å². The maximum absolute atomic E-state index is 13.1. The van der Waals surface area contributed by atoms with Gasteiger partial charge in [0.1, 0.15) is 11.5 Å². The van der Waals surface area contributed by atoms with Crippen molar-refractivity contribution in [1.82, 2.24) is 24.6 Å². The van der Waals surface area contributed by atoms with Gasteiger partial charge >= 0.3 is 0 Å². The summed E-state index contributed by atoms with van der Waals surface area (Å²) in [6.07, 6.45) is 7.14. The Morgan fingerprint density at radius 3 is 2.81 bits per heavy atom. The van der Waals surface area contributed by atoms with E-state index in [0.29, 0.717) is 12.2 Å². The van der Waals surface area contributed by atoms with E-state index in [1.807, 2.05) is 10.3 Å². The third kappa shape index (κ3) is 4.45. The Labute approximate surface area is 175 Å². The summed E-state index contributed by atoms with van der Waals surface area (Å²) >= 11 is 1.52. The van der Waals surface area contributed by atoms with Crippen molar-refractivity contribution in [3.05, 3.63) is 27.7 Å². The fourth-order valence-electron chi connectivity index (χ4n) is 3.81. The minimum atomic E-state index is 0. The lowest BCUT2D eigenvalue weighted by Crippen LogP contribution is -2.40. The molecular formula is C17H26Cl2N6OS. The van der Waals surface area contributed by atoms with Gasteiger partial charge in [0.05, 0.1) is 11.0 Å². The topological polar surface area (TPSA) is 89.9 Å². The van der Waals surface area contributed by atoms with E-state index in [-0.39, 0.29) is 36.8 Å². The van der Waals surface area contributed by atoms with Crippen LogP contribution in [0.2, 0.25) is 0 Å².